The highest BCUT2D eigenvalue weighted by Gasteiger charge is 2.15. The number of benzene rings is 2. The second-order valence-corrected chi connectivity index (χ2v) is 7.16. The molecular weight excluding hydrogens is 406 g/mol. The Kier molecular flexibility index (Phi) is 10.7. The first kappa shape index (κ1) is 24.8. The third kappa shape index (κ3) is 8.37. The summed E-state index contributed by atoms with van der Waals surface area (Å²) in [6.07, 6.45) is 7.02. The molecule has 1 fully saturated rings. The van der Waals surface area contributed by atoms with Gasteiger partial charge in [0.25, 0.3) is 5.91 Å². The van der Waals surface area contributed by atoms with Crippen molar-refractivity contribution >= 4 is 30.0 Å². The van der Waals surface area contributed by atoms with E-state index in [9.17, 15) is 9.59 Å². The van der Waals surface area contributed by atoms with Crippen molar-refractivity contribution < 1.29 is 19.5 Å². The van der Waals surface area contributed by atoms with Crippen LogP contribution in [0.3, 0.4) is 0 Å². The Bertz CT molecular complexity index is 919. The van der Waals surface area contributed by atoms with Crippen molar-refractivity contribution in [3.05, 3.63) is 71.8 Å². The number of aldehydes is 1. The van der Waals surface area contributed by atoms with Gasteiger partial charge >= 0.3 is 0 Å². The first-order valence-corrected chi connectivity index (χ1v) is 10.6. The summed E-state index contributed by atoms with van der Waals surface area (Å²) < 4.78 is 5.30. The molecule has 0 aromatic heterocycles. The summed E-state index contributed by atoms with van der Waals surface area (Å²) in [5.41, 5.74) is 4.67. The van der Waals surface area contributed by atoms with E-state index in [4.69, 9.17) is 9.94 Å². The summed E-state index contributed by atoms with van der Waals surface area (Å²) in [5, 5.41) is 8.49. The molecule has 3 rings (SSSR count). The minimum absolute atomic E-state index is 0.520. The molecule has 32 heavy (non-hydrogen) atoms. The maximum absolute atomic E-state index is 11.0. The Labute approximate surface area is 189 Å². The Morgan fingerprint density at radius 3 is 2.53 bits per heavy atom. The van der Waals surface area contributed by atoms with Crippen LogP contribution >= 0.6 is 0 Å². The predicted molar refractivity (Wildman–Crippen MR) is 128 cm³/mol. The van der Waals surface area contributed by atoms with Crippen LogP contribution in [0.4, 0.5) is 5.69 Å². The number of nitrogens with zero attached hydrogens (tertiary/aromatic N) is 2. The van der Waals surface area contributed by atoms with Gasteiger partial charge in [-0.1, -0.05) is 36.4 Å². The fourth-order valence-corrected chi connectivity index (χ4v) is 3.19. The van der Waals surface area contributed by atoms with Gasteiger partial charge < -0.3 is 14.5 Å². The van der Waals surface area contributed by atoms with Gasteiger partial charge in [-0.3, -0.25) is 14.8 Å². The number of carbonyl (C=O) groups excluding carboxylic acids is 2. The van der Waals surface area contributed by atoms with Crippen molar-refractivity contribution in [2.24, 2.45) is 0 Å². The van der Waals surface area contributed by atoms with Gasteiger partial charge in [-0.2, -0.15) is 0 Å². The number of nitrogens with one attached hydrogen (secondary N) is 1. The van der Waals surface area contributed by atoms with Crippen molar-refractivity contribution in [2.45, 2.75) is 6.92 Å². The lowest BCUT2D eigenvalue weighted by Crippen LogP contribution is -2.44. The molecule has 1 aliphatic heterocycles. The predicted octanol–water partition coefficient (Wildman–Crippen LogP) is 3.25. The SMILES string of the molecule is CCOc1cccc(/C=C/C=O)c1.CN1CCN(c2ccccc2/C=C/C(=O)NO)CC1. The first-order chi connectivity index (χ1) is 15.6. The van der Waals surface area contributed by atoms with Gasteiger partial charge in [-0.15, -0.1) is 0 Å². The molecule has 2 aromatic rings. The molecule has 1 saturated heterocycles. The highest BCUT2D eigenvalue weighted by molar-refractivity contribution is 5.91. The van der Waals surface area contributed by atoms with Crippen LogP contribution in [0.2, 0.25) is 0 Å². The molecule has 2 aromatic carbocycles. The Balaban J connectivity index is 0.000000244. The molecule has 170 valence electrons. The van der Waals surface area contributed by atoms with Crippen LogP contribution in [0.25, 0.3) is 12.2 Å². The van der Waals surface area contributed by atoms with Gasteiger partial charge in [0, 0.05) is 37.9 Å². The average molecular weight is 438 g/mol. The van der Waals surface area contributed by atoms with Crippen LogP contribution in [0, 0.1) is 0 Å². The summed E-state index contributed by atoms with van der Waals surface area (Å²) in [6, 6.07) is 15.6. The maximum atomic E-state index is 11.0. The van der Waals surface area contributed by atoms with E-state index < -0.39 is 5.91 Å². The fourth-order valence-electron chi connectivity index (χ4n) is 3.19. The molecular formula is C25H31N3O4. The number of carbonyl (C=O) groups is 2. The van der Waals surface area contributed by atoms with Crippen molar-refractivity contribution in [2.75, 3.05) is 44.7 Å². The monoisotopic (exact) mass is 437 g/mol. The van der Waals surface area contributed by atoms with Crippen LogP contribution in [-0.2, 0) is 9.59 Å². The molecule has 0 saturated carbocycles. The zero-order chi connectivity index (χ0) is 23.2. The van der Waals surface area contributed by atoms with Crippen LogP contribution in [0.1, 0.15) is 18.1 Å². The molecule has 2 N–H and O–H groups in total. The second kappa shape index (κ2) is 13.8. The summed E-state index contributed by atoms with van der Waals surface area (Å²) in [4.78, 5) is 25.7. The van der Waals surface area contributed by atoms with Crippen LogP contribution in [0.5, 0.6) is 5.75 Å². The third-order valence-corrected chi connectivity index (χ3v) is 4.84. The number of ether oxygens (including phenoxy) is 1. The highest BCUT2D eigenvalue weighted by Crippen LogP contribution is 2.22. The number of hydrogen-bond acceptors (Lipinski definition) is 6. The summed E-state index contributed by atoms with van der Waals surface area (Å²) in [7, 11) is 2.12. The molecule has 1 amide bonds. The highest BCUT2D eigenvalue weighted by atomic mass is 16.5. The number of para-hydroxylation sites is 1. The summed E-state index contributed by atoms with van der Waals surface area (Å²) in [6.45, 7) is 6.63. The zero-order valence-electron chi connectivity index (χ0n) is 18.6. The van der Waals surface area contributed by atoms with E-state index in [0.29, 0.717) is 6.61 Å². The largest absolute Gasteiger partial charge is 0.494 e. The number of amides is 1. The van der Waals surface area contributed by atoms with Gasteiger partial charge in [0.1, 0.15) is 12.0 Å². The number of rotatable bonds is 7. The van der Waals surface area contributed by atoms with E-state index in [1.165, 1.54) is 12.2 Å². The summed E-state index contributed by atoms with van der Waals surface area (Å²) in [5.74, 6) is 0.309. The number of anilines is 1. The molecule has 0 atom stereocenters. The number of hydrogen-bond donors (Lipinski definition) is 2. The van der Waals surface area contributed by atoms with Crippen molar-refractivity contribution in [1.29, 1.82) is 0 Å². The fraction of sp³-hybridized carbons (Fsp3) is 0.280. The lowest BCUT2D eigenvalue weighted by molar-refractivity contribution is -0.124. The van der Waals surface area contributed by atoms with Crippen LogP contribution in [-0.4, -0.2) is 62.1 Å². The van der Waals surface area contributed by atoms with E-state index in [-0.39, 0.29) is 0 Å². The Morgan fingerprint density at radius 1 is 1.09 bits per heavy atom. The molecule has 1 aliphatic rings. The van der Waals surface area contributed by atoms with Crippen LogP contribution in [0.15, 0.2) is 60.7 Å². The van der Waals surface area contributed by atoms with Crippen molar-refractivity contribution in [1.82, 2.24) is 10.4 Å². The molecule has 7 nitrogen and oxygen atoms in total. The normalized spacial score (nSPS) is 14.2. The molecule has 0 unspecified atom stereocenters. The number of likely N-dealkylation sites (N-methyl/N-ethyl adjacent to an activating group) is 1. The first-order valence-electron chi connectivity index (χ1n) is 10.6. The van der Waals surface area contributed by atoms with Crippen molar-refractivity contribution in [3.8, 4) is 5.75 Å². The van der Waals surface area contributed by atoms with Gasteiger partial charge in [-0.25, -0.2) is 5.48 Å². The molecule has 7 heteroatoms. The molecule has 0 aliphatic carbocycles. The van der Waals surface area contributed by atoms with Crippen LogP contribution < -0.4 is 15.1 Å². The standard InChI is InChI=1S/C14H19N3O2.C11H12O2/c1-16-8-10-17(11-9-16)13-5-3-2-4-12(13)6-7-14(18)15-19;1-2-13-11-7-3-5-10(9-11)6-4-8-12/h2-7,19H,8-11H2,1H3,(H,15,18);3-9H,2H2,1H3/b7-6+;6-4+. The quantitative estimate of drug-likeness (QED) is 0.300. The third-order valence-electron chi connectivity index (χ3n) is 4.84. The molecule has 0 bridgehead atoms. The Morgan fingerprint density at radius 2 is 1.84 bits per heavy atom. The van der Waals surface area contributed by atoms with E-state index in [1.807, 2.05) is 49.4 Å². The topological polar surface area (TPSA) is 82.1 Å². The van der Waals surface area contributed by atoms with E-state index >= 15 is 0 Å². The molecule has 1 heterocycles. The smallest absolute Gasteiger partial charge is 0.267 e. The molecule has 0 spiro atoms. The lowest BCUT2D eigenvalue weighted by Gasteiger charge is -2.34. The van der Waals surface area contributed by atoms with Crippen molar-refractivity contribution in [3.63, 3.8) is 0 Å². The molecule has 0 radical (unpaired) electrons. The minimum atomic E-state index is -0.520. The van der Waals surface area contributed by atoms with Gasteiger partial charge in [0.15, 0.2) is 0 Å². The second-order valence-electron chi connectivity index (χ2n) is 7.16. The van der Waals surface area contributed by atoms with Gasteiger partial charge in [0.05, 0.1) is 6.61 Å². The maximum Gasteiger partial charge on any atom is 0.267 e. The lowest BCUT2D eigenvalue weighted by atomic mass is 10.1. The minimum Gasteiger partial charge on any atom is -0.494 e. The number of allylic oxidation sites excluding steroid dienone is 1. The number of hydroxylamine groups is 1. The van der Waals surface area contributed by atoms with Gasteiger partial charge in [0.2, 0.25) is 0 Å². The zero-order valence-corrected chi connectivity index (χ0v) is 18.6. The summed E-state index contributed by atoms with van der Waals surface area (Å²) >= 11 is 0. The van der Waals surface area contributed by atoms with E-state index in [0.717, 1.165) is 55.0 Å². The van der Waals surface area contributed by atoms with E-state index in [2.05, 4.69) is 22.9 Å². The van der Waals surface area contributed by atoms with Gasteiger partial charge in [-0.05, 0) is 55.4 Å². The number of piperazine rings is 1. The van der Waals surface area contributed by atoms with E-state index in [1.54, 1.807) is 17.6 Å². The average Bonchev–Trinajstić information content (AvgIpc) is 2.83. The Hall–Kier alpha value is -3.42.